The molecule has 0 aromatic heterocycles. The number of carbonyl (C=O) groups excluding carboxylic acids is 2. The lowest BCUT2D eigenvalue weighted by molar-refractivity contribution is -0.122. The van der Waals surface area contributed by atoms with E-state index in [0.717, 1.165) is 25.8 Å². The number of rotatable bonds is 6. The maximum Gasteiger partial charge on any atom is 0.321 e. The third kappa shape index (κ3) is 5.30. The molecule has 2 unspecified atom stereocenters. The third-order valence-electron chi connectivity index (χ3n) is 3.80. The van der Waals surface area contributed by atoms with Crippen LogP contribution in [-0.2, 0) is 4.79 Å². The normalized spacial score (nSPS) is 23.1. The van der Waals surface area contributed by atoms with Crippen molar-refractivity contribution in [2.24, 2.45) is 11.7 Å². The molecule has 0 radical (unpaired) electrons. The molecule has 1 aliphatic rings. The van der Waals surface area contributed by atoms with Gasteiger partial charge in [0, 0.05) is 19.1 Å². The second kappa shape index (κ2) is 8.71. The Hall–Kier alpha value is -1.40. The number of nitrogens with one attached hydrogen (secondary N) is 2. The number of piperidine rings is 1. The first-order valence-electron chi connectivity index (χ1n) is 7.23. The summed E-state index contributed by atoms with van der Waals surface area (Å²) in [5.41, 5.74) is 5.79. The quantitative estimate of drug-likeness (QED) is 0.617. The highest BCUT2D eigenvalue weighted by Crippen LogP contribution is 2.24. The molecule has 2 atom stereocenters. The van der Waals surface area contributed by atoms with E-state index in [1.807, 2.05) is 0 Å². The van der Waals surface area contributed by atoms with Crippen LogP contribution in [0.3, 0.4) is 0 Å². The summed E-state index contributed by atoms with van der Waals surface area (Å²) in [5.74, 6) is 0.402. The SMILES string of the molecule is C=CCNC(=O)NC(=O)CN1CCC(CC)CC1CN. The van der Waals surface area contributed by atoms with Crippen LogP contribution in [0.25, 0.3) is 0 Å². The Morgan fingerprint density at radius 2 is 2.25 bits per heavy atom. The fraction of sp³-hybridized carbons (Fsp3) is 0.714. The van der Waals surface area contributed by atoms with Crippen molar-refractivity contribution in [3.05, 3.63) is 12.7 Å². The largest absolute Gasteiger partial charge is 0.334 e. The van der Waals surface area contributed by atoms with Crippen molar-refractivity contribution >= 4 is 11.9 Å². The highest BCUT2D eigenvalue weighted by Gasteiger charge is 2.28. The van der Waals surface area contributed by atoms with Crippen molar-refractivity contribution in [3.8, 4) is 0 Å². The number of nitrogens with zero attached hydrogens (tertiary/aromatic N) is 1. The summed E-state index contributed by atoms with van der Waals surface area (Å²) in [6.07, 6.45) is 4.83. The van der Waals surface area contributed by atoms with E-state index < -0.39 is 6.03 Å². The molecule has 0 aromatic rings. The fourth-order valence-corrected chi connectivity index (χ4v) is 2.57. The zero-order valence-corrected chi connectivity index (χ0v) is 12.2. The molecule has 0 aliphatic carbocycles. The Bertz CT molecular complexity index is 346. The Labute approximate surface area is 120 Å². The van der Waals surface area contributed by atoms with Gasteiger partial charge in [-0.1, -0.05) is 19.4 Å². The van der Waals surface area contributed by atoms with E-state index in [0.29, 0.717) is 19.0 Å². The lowest BCUT2D eigenvalue weighted by Gasteiger charge is -2.38. The fourth-order valence-electron chi connectivity index (χ4n) is 2.57. The topological polar surface area (TPSA) is 87.5 Å². The molecule has 114 valence electrons. The summed E-state index contributed by atoms with van der Waals surface area (Å²) >= 11 is 0. The number of carbonyl (C=O) groups is 2. The number of nitrogens with two attached hydrogens (primary N) is 1. The van der Waals surface area contributed by atoms with Crippen molar-refractivity contribution in [1.29, 1.82) is 0 Å². The average molecular weight is 282 g/mol. The van der Waals surface area contributed by atoms with Crippen LogP contribution in [0.4, 0.5) is 4.79 Å². The summed E-state index contributed by atoms with van der Waals surface area (Å²) in [6.45, 7) is 7.65. The van der Waals surface area contributed by atoms with Crippen LogP contribution in [0.15, 0.2) is 12.7 Å². The van der Waals surface area contributed by atoms with Gasteiger partial charge in [0.05, 0.1) is 6.54 Å². The summed E-state index contributed by atoms with van der Waals surface area (Å²) in [6, 6.07) is -0.252. The standard InChI is InChI=1S/C14H26N4O2/c1-3-6-16-14(20)17-13(19)10-18-7-5-11(4-2)8-12(18)9-15/h3,11-12H,1,4-10,15H2,2H3,(H2,16,17,19,20). The molecule has 1 fully saturated rings. The summed E-state index contributed by atoms with van der Waals surface area (Å²) in [4.78, 5) is 25.3. The van der Waals surface area contributed by atoms with E-state index in [2.05, 4.69) is 29.0 Å². The van der Waals surface area contributed by atoms with Gasteiger partial charge in [0.15, 0.2) is 0 Å². The molecule has 1 saturated heterocycles. The first kappa shape index (κ1) is 16.7. The highest BCUT2D eigenvalue weighted by atomic mass is 16.2. The molecular formula is C14H26N4O2. The smallest absolute Gasteiger partial charge is 0.321 e. The van der Waals surface area contributed by atoms with Crippen LogP contribution in [0.5, 0.6) is 0 Å². The first-order chi connectivity index (χ1) is 9.60. The summed E-state index contributed by atoms with van der Waals surface area (Å²) in [5, 5.41) is 4.82. The molecule has 20 heavy (non-hydrogen) atoms. The number of urea groups is 1. The van der Waals surface area contributed by atoms with Crippen LogP contribution in [0, 0.1) is 5.92 Å². The number of hydrogen-bond acceptors (Lipinski definition) is 4. The predicted molar refractivity (Wildman–Crippen MR) is 79.2 cm³/mol. The second-order valence-electron chi connectivity index (χ2n) is 5.21. The maximum absolute atomic E-state index is 11.8. The molecule has 0 saturated carbocycles. The van der Waals surface area contributed by atoms with Crippen LogP contribution >= 0.6 is 0 Å². The van der Waals surface area contributed by atoms with E-state index in [1.54, 1.807) is 6.08 Å². The van der Waals surface area contributed by atoms with E-state index in [1.165, 1.54) is 0 Å². The molecule has 4 N–H and O–H groups in total. The molecule has 0 aromatic carbocycles. The predicted octanol–water partition coefficient (Wildman–Crippen LogP) is 0.448. The lowest BCUT2D eigenvalue weighted by Crippen LogP contribution is -2.52. The minimum absolute atomic E-state index is 0.222. The van der Waals surface area contributed by atoms with Crippen molar-refractivity contribution < 1.29 is 9.59 Å². The third-order valence-corrected chi connectivity index (χ3v) is 3.80. The van der Waals surface area contributed by atoms with Gasteiger partial charge in [0.2, 0.25) is 5.91 Å². The van der Waals surface area contributed by atoms with Gasteiger partial charge in [-0.2, -0.15) is 0 Å². The van der Waals surface area contributed by atoms with Gasteiger partial charge in [-0.3, -0.25) is 15.0 Å². The number of amides is 3. The van der Waals surface area contributed by atoms with Crippen LogP contribution in [0.1, 0.15) is 26.2 Å². The first-order valence-corrected chi connectivity index (χ1v) is 7.23. The van der Waals surface area contributed by atoms with Crippen molar-refractivity contribution in [2.75, 3.05) is 26.2 Å². The van der Waals surface area contributed by atoms with Gasteiger partial charge in [0.25, 0.3) is 0 Å². The van der Waals surface area contributed by atoms with Gasteiger partial charge in [-0.15, -0.1) is 6.58 Å². The van der Waals surface area contributed by atoms with Gasteiger partial charge in [0.1, 0.15) is 0 Å². The van der Waals surface area contributed by atoms with E-state index >= 15 is 0 Å². The zero-order chi connectivity index (χ0) is 15.0. The van der Waals surface area contributed by atoms with Crippen molar-refractivity contribution in [3.63, 3.8) is 0 Å². The minimum Gasteiger partial charge on any atom is -0.334 e. The molecule has 1 aliphatic heterocycles. The Kier molecular flexibility index (Phi) is 7.25. The summed E-state index contributed by atoms with van der Waals surface area (Å²) in [7, 11) is 0. The number of likely N-dealkylation sites (tertiary alicyclic amines) is 1. The molecule has 6 nitrogen and oxygen atoms in total. The van der Waals surface area contributed by atoms with E-state index in [4.69, 9.17) is 5.73 Å². The molecular weight excluding hydrogens is 256 g/mol. The van der Waals surface area contributed by atoms with Crippen molar-refractivity contribution in [1.82, 2.24) is 15.5 Å². The molecule has 0 spiro atoms. The van der Waals surface area contributed by atoms with Gasteiger partial charge in [-0.25, -0.2) is 4.79 Å². The lowest BCUT2D eigenvalue weighted by atomic mass is 9.89. The Balaban J connectivity index is 2.40. The van der Waals surface area contributed by atoms with E-state index in [-0.39, 0.29) is 18.5 Å². The maximum atomic E-state index is 11.8. The Morgan fingerprint density at radius 3 is 2.85 bits per heavy atom. The zero-order valence-electron chi connectivity index (χ0n) is 12.2. The molecule has 1 rings (SSSR count). The molecule has 1 heterocycles. The van der Waals surface area contributed by atoms with Crippen LogP contribution < -0.4 is 16.4 Å². The molecule has 3 amide bonds. The number of hydrogen-bond donors (Lipinski definition) is 3. The summed E-state index contributed by atoms with van der Waals surface area (Å²) < 4.78 is 0. The monoisotopic (exact) mass is 282 g/mol. The Morgan fingerprint density at radius 1 is 1.50 bits per heavy atom. The van der Waals surface area contributed by atoms with Crippen molar-refractivity contribution in [2.45, 2.75) is 32.2 Å². The highest BCUT2D eigenvalue weighted by molar-refractivity contribution is 5.95. The minimum atomic E-state index is -0.484. The van der Waals surface area contributed by atoms with Gasteiger partial charge in [-0.05, 0) is 25.3 Å². The van der Waals surface area contributed by atoms with Gasteiger partial charge >= 0.3 is 6.03 Å². The van der Waals surface area contributed by atoms with E-state index in [9.17, 15) is 9.59 Å². The van der Waals surface area contributed by atoms with Gasteiger partial charge < -0.3 is 11.1 Å². The number of imide groups is 1. The molecule has 6 heteroatoms. The second-order valence-corrected chi connectivity index (χ2v) is 5.21. The van der Waals surface area contributed by atoms with Crippen LogP contribution in [0.2, 0.25) is 0 Å². The average Bonchev–Trinajstić information content (AvgIpc) is 2.45. The van der Waals surface area contributed by atoms with Crippen LogP contribution in [-0.4, -0.2) is 49.1 Å². The molecule has 0 bridgehead atoms.